The largest absolute Gasteiger partial charge is 0.508 e. The Balaban J connectivity index is 1.73. The molecule has 0 radical (unpaired) electrons. The number of phenolic OH excluding ortho intramolecular Hbond substituents is 1. The number of rotatable bonds is 7. The van der Waals surface area contributed by atoms with E-state index in [-0.39, 0.29) is 11.7 Å². The van der Waals surface area contributed by atoms with Gasteiger partial charge in [-0.25, -0.2) is 0 Å². The fourth-order valence-corrected chi connectivity index (χ4v) is 4.19. The first kappa shape index (κ1) is 21.5. The summed E-state index contributed by atoms with van der Waals surface area (Å²) in [5.74, 6) is 1.11. The van der Waals surface area contributed by atoms with Crippen molar-refractivity contribution in [2.24, 2.45) is 0 Å². The second kappa shape index (κ2) is 9.18. The first-order valence-electron chi connectivity index (χ1n) is 10.8. The highest BCUT2D eigenvalue weighted by molar-refractivity contribution is 5.92. The van der Waals surface area contributed by atoms with Crippen molar-refractivity contribution in [3.63, 3.8) is 0 Å². The van der Waals surface area contributed by atoms with Crippen LogP contribution in [0.15, 0.2) is 66.7 Å². The molecule has 0 fully saturated rings. The minimum absolute atomic E-state index is 0.0360. The number of aromatic nitrogens is 1. The minimum atomic E-state index is 0.0360. The van der Waals surface area contributed by atoms with E-state index in [1.54, 1.807) is 13.2 Å². The van der Waals surface area contributed by atoms with Crippen LogP contribution >= 0.6 is 0 Å². The molecule has 0 aliphatic rings. The molecule has 1 heterocycles. The third-order valence-electron chi connectivity index (χ3n) is 5.77. The number of amides is 1. The van der Waals surface area contributed by atoms with Gasteiger partial charge in [0.1, 0.15) is 11.5 Å². The van der Waals surface area contributed by atoms with Crippen LogP contribution in [0.3, 0.4) is 0 Å². The third kappa shape index (κ3) is 4.33. The molecule has 0 aliphatic heterocycles. The lowest BCUT2D eigenvalue weighted by atomic mass is 10.1. The molecule has 0 saturated carbocycles. The van der Waals surface area contributed by atoms with Crippen LogP contribution in [0.25, 0.3) is 22.2 Å². The summed E-state index contributed by atoms with van der Waals surface area (Å²) in [4.78, 5) is 11.9. The van der Waals surface area contributed by atoms with E-state index in [4.69, 9.17) is 4.74 Å². The normalized spacial score (nSPS) is 11.0. The Morgan fingerprint density at radius 2 is 1.69 bits per heavy atom. The third-order valence-corrected chi connectivity index (χ3v) is 5.77. The van der Waals surface area contributed by atoms with Gasteiger partial charge in [-0.05, 0) is 78.6 Å². The van der Waals surface area contributed by atoms with Gasteiger partial charge in [-0.3, -0.25) is 4.79 Å². The summed E-state index contributed by atoms with van der Waals surface area (Å²) in [5, 5.41) is 13.9. The van der Waals surface area contributed by atoms with Gasteiger partial charge in [0.05, 0.1) is 19.2 Å². The summed E-state index contributed by atoms with van der Waals surface area (Å²) in [6.07, 6.45) is 0.385. The van der Waals surface area contributed by atoms with Gasteiger partial charge in [-0.15, -0.1) is 0 Å². The van der Waals surface area contributed by atoms with Crippen molar-refractivity contribution in [3.8, 4) is 22.8 Å². The molecule has 0 unspecified atom stereocenters. The smallest absolute Gasteiger partial charge is 0.224 e. The van der Waals surface area contributed by atoms with Crippen molar-refractivity contribution in [1.82, 2.24) is 9.88 Å². The fraction of sp³-hybridized carbons (Fsp3) is 0.222. The number of aromatic hydroxyl groups is 1. The zero-order chi connectivity index (χ0) is 22.7. The van der Waals surface area contributed by atoms with E-state index in [1.807, 2.05) is 43.3 Å². The standard InChI is InChI=1S/C27H28N2O3/c1-4-28-26(31)15-19-5-7-20(8-6-19)17-29-25-14-11-22(30)16-24(25)18(2)27(29)21-9-12-23(32-3)13-10-21/h5-14,16,30H,4,15,17H2,1-3H3,(H,28,31). The van der Waals surface area contributed by atoms with E-state index < -0.39 is 0 Å². The molecule has 1 aromatic heterocycles. The molecule has 4 rings (SSSR count). The van der Waals surface area contributed by atoms with Gasteiger partial charge in [0.25, 0.3) is 0 Å². The molecule has 5 heteroatoms. The summed E-state index contributed by atoms with van der Waals surface area (Å²) in [5.41, 5.74) is 6.52. The van der Waals surface area contributed by atoms with Crippen molar-refractivity contribution < 1.29 is 14.6 Å². The van der Waals surface area contributed by atoms with Crippen LogP contribution in [0.5, 0.6) is 11.5 Å². The predicted octanol–water partition coefficient (Wildman–Crippen LogP) is 5.06. The first-order valence-corrected chi connectivity index (χ1v) is 10.8. The number of benzene rings is 3. The van der Waals surface area contributed by atoms with Crippen molar-refractivity contribution >= 4 is 16.8 Å². The van der Waals surface area contributed by atoms with Gasteiger partial charge in [0.2, 0.25) is 5.91 Å². The van der Waals surface area contributed by atoms with Crippen molar-refractivity contribution in [2.75, 3.05) is 13.7 Å². The highest BCUT2D eigenvalue weighted by Gasteiger charge is 2.17. The number of carbonyl (C=O) groups is 1. The van der Waals surface area contributed by atoms with E-state index in [0.29, 0.717) is 19.5 Å². The molecule has 0 spiro atoms. The van der Waals surface area contributed by atoms with Crippen molar-refractivity contribution in [3.05, 3.63) is 83.4 Å². The molecule has 0 atom stereocenters. The monoisotopic (exact) mass is 428 g/mol. The number of fused-ring (bicyclic) bond motifs is 1. The van der Waals surface area contributed by atoms with Gasteiger partial charge in [0.15, 0.2) is 0 Å². The highest BCUT2D eigenvalue weighted by Crippen LogP contribution is 2.36. The number of hydrogen-bond donors (Lipinski definition) is 2. The minimum Gasteiger partial charge on any atom is -0.508 e. The summed E-state index contributed by atoms with van der Waals surface area (Å²) in [6, 6.07) is 21.8. The summed E-state index contributed by atoms with van der Waals surface area (Å²) >= 11 is 0. The Morgan fingerprint density at radius 3 is 2.34 bits per heavy atom. The average Bonchev–Trinajstić information content (AvgIpc) is 3.06. The Hall–Kier alpha value is -3.73. The maximum atomic E-state index is 11.9. The van der Waals surface area contributed by atoms with E-state index in [2.05, 4.69) is 41.1 Å². The highest BCUT2D eigenvalue weighted by atomic mass is 16.5. The topological polar surface area (TPSA) is 63.5 Å². The van der Waals surface area contributed by atoms with Crippen LogP contribution in [0.1, 0.15) is 23.6 Å². The molecule has 0 bridgehead atoms. The molecule has 0 aliphatic carbocycles. The maximum Gasteiger partial charge on any atom is 0.224 e. The van der Waals surface area contributed by atoms with Crippen LogP contribution in [0, 0.1) is 6.92 Å². The molecule has 164 valence electrons. The van der Waals surface area contributed by atoms with Gasteiger partial charge >= 0.3 is 0 Å². The molecular weight excluding hydrogens is 400 g/mol. The van der Waals surface area contributed by atoms with Gasteiger partial charge in [-0.2, -0.15) is 0 Å². The van der Waals surface area contributed by atoms with Crippen molar-refractivity contribution in [1.29, 1.82) is 0 Å². The Labute approximate surface area is 188 Å². The summed E-state index contributed by atoms with van der Waals surface area (Å²) in [6.45, 7) is 5.33. The van der Waals surface area contributed by atoms with E-state index in [1.165, 1.54) is 0 Å². The van der Waals surface area contributed by atoms with E-state index >= 15 is 0 Å². The Morgan fingerprint density at radius 1 is 1.00 bits per heavy atom. The summed E-state index contributed by atoms with van der Waals surface area (Å²) in [7, 11) is 1.66. The zero-order valence-electron chi connectivity index (χ0n) is 18.7. The predicted molar refractivity (Wildman–Crippen MR) is 128 cm³/mol. The summed E-state index contributed by atoms with van der Waals surface area (Å²) < 4.78 is 7.60. The fourth-order valence-electron chi connectivity index (χ4n) is 4.19. The molecule has 2 N–H and O–H groups in total. The van der Waals surface area contributed by atoms with E-state index in [9.17, 15) is 9.90 Å². The quantitative estimate of drug-likeness (QED) is 0.433. The van der Waals surface area contributed by atoms with E-state index in [0.717, 1.165) is 44.6 Å². The zero-order valence-corrected chi connectivity index (χ0v) is 18.7. The Bertz CT molecular complexity index is 1240. The van der Waals surface area contributed by atoms with Crippen LogP contribution in [-0.2, 0) is 17.8 Å². The molecule has 1 amide bonds. The second-order valence-electron chi connectivity index (χ2n) is 7.94. The number of nitrogens with zero attached hydrogens (tertiary/aromatic N) is 1. The number of methoxy groups -OCH3 is 1. The second-order valence-corrected chi connectivity index (χ2v) is 7.94. The number of carbonyl (C=O) groups excluding carboxylic acids is 1. The number of hydrogen-bond acceptors (Lipinski definition) is 3. The number of aryl methyl sites for hydroxylation is 1. The van der Waals surface area contributed by atoms with Crippen LogP contribution in [-0.4, -0.2) is 29.2 Å². The molecule has 32 heavy (non-hydrogen) atoms. The number of nitrogens with one attached hydrogen (secondary N) is 1. The van der Waals surface area contributed by atoms with Gasteiger partial charge < -0.3 is 19.7 Å². The molecular formula is C27H28N2O3. The maximum absolute atomic E-state index is 11.9. The van der Waals surface area contributed by atoms with Gasteiger partial charge in [-0.1, -0.05) is 24.3 Å². The molecule has 5 nitrogen and oxygen atoms in total. The van der Waals surface area contributed by atoms with Crippen LogP contribution in [0.4, 0.5) is 0 Å². The SMILES string of the molecule is CCNC(=O)Cc1ccc(Cn2c(-c3ccc(OC)cc3)c(C)c3cc(O)ccc32)cc1. The average molecular weight is 429 g/mol. The Kier molecular flexibility index (Phi) is 6.17. The lowest BCUT2D eigenvalue weighted by molar-refractivity contribution is -0.120. The first-order chi connectivity index (χ1) is 15.5. The van der Waals surface area contributed by atoms with Crippen molar-refractivity contribution in [2.45, 2.75) is 26.8 Å². The van der Waals surface area contributed by atoms with Gasteiger partial charge in [0, 0.05) is 24.0 Å². The molecule has 3 aromatic carbocycles. The number of ether oxygens (including phenoxy) is 1. The molecule has 4 aromatic rings. The lowest BCUT2D eigenvalue weighted by Crippen LogP contribution is -2.24. The van der Waals surface area contributed by atoms with Crippen LogP contribution in [0.2, 0.25) is 0 Å². The lowest BCUT2D eigenvalue weighted by Gasteiger charge is -2.13. The van der Waals surface area contributed by atoms with Crippen LogP contribution < -0.4 is 10.1 Å². The number of phenols is 1. The molecule has 0 saturated heterocycles. The number of likely N-dealkylation sites (N-methyl/N-ethyl adjacent to an activating group) is 1.